The number of hydrogen-bond acceptors (Lipinski definition) is 2. The summed E-state index contributed by atoms with van der Waals surface area (Å²) in [5.41, 5.74) is 0.631. The first-order valence-electron chi connectivity index (χ1n) is 6.49. The minimum atomic E-state index is -4.64. The molecule has 0 bridgehead atoms. The van der Waals surface area contributed by atoms with Gasteiger partial charge in [-0.3, -0.25) is 4.79 Å². The Morgan fingerprint density at radius 2 is 1.95 bits per heavy atom. The van der Waals surface area contributed by atoms with E-state index in [-0.39, 0.29) is 6.54 Å². The van der Waals surface area contributed by atoms with E-state index in [1.165, 1.54) is 7.11 Å². The summed E-state index contributed by atoms with van der Waals surface area (Å²) in [6.07, 6.45) is -3.03. The lowest BCUT2D eigenvalue weighted by molar-refractivity contribution is -0.181. The van der Waals surface area contributed by atoms with E-state index in [1.807, 2.05) is 0 Å². The summed E-state index contributed by atoms with van der Waals surface area (Å²) in [7, 11) is 1.49. The number of amides is 1. The molecular weight excluding hydrogens is 290 g/mol. The fourth-order valence-electron chi connectivity index (χ4n) is 2.47. The zero-order valence-corrected chi connectivity index (χ0v) is 11.4. The molecule has 1 aliphatic rings. The van der Waals surface area contributed by atoms with Crippen molar-refractivity contribution >= 4 is 5.91 Å². The van der Waals surface area contributed by atoms with Crippen LogP contribution in [0.5, 0.6) is 5.75 Å². The number of ether oxygens (including phenoxy) is 1. The van der Waals surface area contributed by atoms with E-state index in [2.05, 4.69) is 0 Å². The molecule has 2 rings (SSSR count). The van der Waals surface area contributed by atoms with Gasteiger partial charge in [-0.25, -0.2) is 8.78 Å². The normalized spacial score (nSPS) is 19.1. The van der Waals surface area contributed by atoms with Gasteiger partial charge in [0.05, 0.1) is 13.2 Å². The zero-order chi connectivity index (χ0) is 15.6. The van der Waals surface area contributed by atoms with E-state index in [9.17, 15) is 22.4 Å². The van der Waals surface area contributed by atoms with Crippen LogP contribution >= 0.6 is 0 Å². The third kappa shape index (κ3) is 2.96. The molecule has 0 N–H and O–H groups in total. The fourth-order valence-corrected chi connectivity index (χ4v) is 2.47. The molecule has 0 aliphatic carbocycles. The molecule has 1 amide bonds. The summed E-state index contributed by atoms with van der Waals surface area (Å²) in [4.78, 5) is 12.5. The molecule has 1 aliphatic heterocycles. The molecule has 0 spiro atoms. The molecule has 7 heteroatoms. The Morgan fingerprint density at radius 1 is 1.33 bits per heavy atom. The molecule has 1 saturated heterocycles. The molecule has 116 valence electrons. The predicted octanol–water partition coefficient (Wildman–Crippen LogP) is 3.26. The monoisotopic (exact) mass is 305 g/mol. The van der Waals surface area contributed by atoms with Crippen molar-refractivity contribution in [1.29, 1.82) is 0 Å². The van der Waals surface area contributed by atoms with Gasteiger partial charge in [0.25, 0.3) is 5.91 Å². The van der Waals surface area contributed by atoms with Crippen LogP contribution in [0.1, 0.15) is 24.4 Å². The van der Waals surface area contributed by atoms with Gasteiger partial charge in [0.15, 0.2) is 0 Å². The standard InChI is InChI=1S/C14H15F4NO2/c1-21-10-6-4-9(5-7-10)11-3-2-8-19(11)13(20)14(17,18)12(15)16/h4-7,11-12H,2-3,8H2,1H3. The van der Waals surface area contributed by atoms with Gasteiger partial charge >= 0.3 is 12.3 Å². The average Bonchev–Trinajstić information content (AvgIpc) is 2.95. The quantitative estimate of drug-likeness (QED) is 0.799. The number of likely N-dealkylation sites (tertiary alicyclic amines) is 1. The first kappa shape index (κ1) is 15.6. The number of rotatable bonds is 4. The van der Waals surface area contributed by atoms with Crippen LogP contribution in [0.4, 0.5) is 17.6 Å². The number of alkyl halides is 4. The van der Waals surface area contributed by atoms with Crippen molar-refractivity contribution in [3.63, 3.8) is 0 Å². The van der Waals surface area contributed by atoms with E-state index in [4.69, 9.17) is 4.74 Å². The van der Waals surface area contributed by atoms with Crippen LogP contribution in [0.3, 0.4) is 0 Å². The van der Waals surface area contributed by atoms with Gasteiger partial charge in [0.1, 0.15) is 5.75 Å². The SMILES string of the molecule is COc1ccc(C2CCCN2C(=O)C(F)(F)C(F)F)cc1. The molecule has 21 heavy (non-hydrogen) atoms. The minimum absolute atomic E-state index is 0.0534. The molecule has 1 aromatic rings. The topological polar surface area (TPSA) is 29.5 Å². The molecule has 0 radical (unpaired) electrons. The largest absolute Gasteiger partial charge is 0.497 e. The van der Waals surface area contributed by atoms with Crippen molar-refractivity contribution in [3.05, 3.63) is 29.8 Å². The molecule has 0 aromatic heterocycles. The van der Waals surface area contributed by atoms with Crippen LogP contribution in [-0.2, 0) is 4.79 Å². The molecule has 1 aromatic carbocycles. The first-order chi connectivity index (χ1) is 9.87. The molecule has 0 saturated carbocycles. The summed E-state index contributed by atoms with van der Waals surface area (Å²) < 4.78 is 56.1. The highest BCUT2D eigenvalue weighted by Gasteiger charge is 2.53. The van der Waals surface area contributed by atoms with E-state index in [1.54, 1.807) is 24.3 Å². The molecule has 1 atom stereocenters. The number of carbonyl (C=O) groups is 1. The Labute approximate surface area is 119 Å². The summed E-state index contributed by atoms with van der Waals surface area (Å²) in [6.45, 7) is 0.0534. The highest BCUT2D eigenvalue weighted by Crippen LogP contribution is 2.37. The number of carbonyl (C=O) groups excluding carboxylic acids is 1. The van der Waals surface area contributed by atoms with Crippen molar-refractivity contribution in [2.24, 2.45) is 0 Å². The van der Waals surface area contributed by atoms with Crippen LogP contribution < -0.4 is 4.74 Å². The van der Waals surface area contributed by atoms with Crippen molar-refractivity contribution in [1.82, 2.24) is 4.90 Å². The van der Waals surface area contributed by atoms with Gasteiger partial charge in [-0.05, 0) is 30.5 Å². The molecule has 1 heterocycles. The van der Waals surface area contributed by atoms with Crippen LogP contribution in [-0.4, -0.2) is 36.8 Å². The van der Waals surface area contributed by atoms with E-state index in [0.717, 1.165) is 4.90 Å². The Hall–Kier alpha value is -1.79. The lowest BCUT2D eigenvalue weighted by Crippen LogP contribution is -2.47. The highest BCUT2D eigenvalue weighted by atomic mass is 19.3. The van der Waals surface area contributed by atoms with Gasteiger partial charge < -0.3 is 9.64 Å². The fraction of sp³-hybridized carbons (Fsp3) is 0.500. The molecule has 1 fully saturated rings. The number of methoxy groups -OCH3 is 1. The maximum atomic E-state index is 13.2. The predicted molar refractivity (Wildman–Crippen MR) is 67.6 cm³/mol. The third-order valence-corrected chi connectivity index (χ3v) is 3.57. The van der Waals surface area contributed by atoms with E-state index < -0.39 is 24.3 Å². The van der Waals surface area contributed by atoms with E-state index in [0.29, 0.717) is 24.2 Å². The summed E-state index contributed by atoms with van der Waals surface area (Å²) in [6, 6.07) is 5.97. The number of hydrogen-bond donors (Lipinski definition) is 0. The summed E-state index contributed by atoms with van der Waals surface area (Å²) >= 11 is 0. The lowest BCUT2D eigenvalue weighted by Gasteiger charge is -2.28. The van der Waals surface area contributed by atoms with Gasteiger partial charge in [0, 0.05) is 6.54 Å². The molecule has 1 unspecified atom stereocenters. The maximum Gasteiger partial charge on any atom is 0.383 e. The maximum absolute atomic E-state index is 13.2. The van der Waals surface area contributed by atoms with Crippen molar-refractivity contribution < 1.29 is 27.1 Å². The lowest BCUT2D eigenvalue weighted by atomic mass is 10.0. The second kappa shape index (κ2) is 5.91. The Bertz CT molecular complexity index is 504. The van der Waals surface area contributed by atoms with Gasteiger partial charge in [0.2, 0.25) is 0 Å². The van der Waals surface area contributed by atoms with Crippen molar-refractivity contribution in [2.45, 2.75) is 31.2 Å². The second-order valence-corrected chi connectivity index (χ2v) is 4.85. The molecular formula is C14H15F4NO2. The number of benzene rings is 1. The first-order valence-corrected chi connectivity index (χ1v) is 6.49. The second-order valence-electron chi connectivity index (χ2n) is 4.85. The Balaban J connectivity index is 2.22. The van der Waals surface area contributed by atoms with E-state index >= 15 is 0 Å². The number of nitrogens with zero attached hydrogens (tertiary/aromatic N) is 1. The van der Waals surface area contributed by atoms with Gasteiger partial charge in [-0.15, -0.1) is 0 Å². The Kier molecular flexibility index (Phi) is 4.39. The van der Waals surface area contributed by atoms with Crippen LogP contribution in [0.15, 0.2) is 24.3 Å². The summed E-state index contributed by atoms with van der Waals surface area (Å²) in [5, 5.41) is 0. The minimum Gasteiger partial charge on any atom is -0.497 e. The highest BCUT2D eigenvalue weighted by molar-refractivity contribution is 5.84. The third-order valence-electron chi connectivity index (χ3n) is 3.57. The smallest absolute Gasteiger partial charge is 0.383 e. The van der Waals surface area contributed by atoms with Crippen molar-refractivity contribution in [3.8, 4) is 5.75 Å². The van der Waals surface area contributed by atoms with Crippen LogP contribution in [0.25, 0.3) is 0 Å². The van der Waals surface area contributed by atoms with Crippen LogP contribution in [0.2, 0.25) is 0 Å². The van der Waals surface area contributed by atoms with Gasteiger partial charge in [-0.1, -0.05) is 12.1 Å². The van der Waals surface area contributed by atoms with Crippen LogP contribution in [0, 0.1) is 0 Å². The molecule has 3 nitrogen and oxygen atoms in total. The zero-order valence-electron chi connectivity index (χ0n) is 11.4. The summed E-state index contributed by atoms with van der Waals surface area (Å²) in [5.74, 6) is -5.86. The Morgan fingerprint density at radius 3 is 2.48 bits per heavy atom. The number of halogens is 4. The van der Waals surface area contributed by atoms with Crippen molar-refractivity contribution in [2.75, 3.05) is 13.7 Å². The van der Waals surface area contributed by atoms with Gasteiger partial charge in [-0.2, -0.15) is 8.78 Å². The average molecular weight is 305 g/mol.